The first-order chi connectivity index (χ1) is 19.7. The molecule has 208 valence electrons. The summed E-state index contributed by atoms with van der Waals surface area (Å²) in [7, 11) is 0. The van der Waals surface area contributed by atoms with Crippen molar-refractivity contribution in [1.82, 2.24) is 10.0 Å². The molecule has 0 saturated carbocycles. The fourth-order valence-electron chi connectivity index (χ4n) is 5.06. The summed E-state index contributed by atoms with van der Waals surface area (Å²) in [5.41, 5.74) is 0.479. The molecule has 0 spiro atoms. The molecule has 3 aliphatic rings. The Hall–Kier alpha value is -5.01. The number of rotatable bonds is 5. The molecule has 3 unspecified atom stereocenters. The van der Waals surface area contributed by atoms with Gasteiger partial charge in [-0.1, -0.05) is 65.9 Å². The van der Waals surface area contributed by atoms with Crippen molar-refractivity contribution in [3.05, 3.63) is 101 Å². The number of nitrogens with zero attached hydrogens (tertiary/aromatic N) is 6. The largest absolute Gasteiger partial charge is 0.271 e. The van der Waals surface area contributed by atoms with E-state index in [9.17, 15) is 36.3 Å². The van der Waals surface area contributed by atoms with Gasteiger partial charge in [0.1, 0.15) is 12.2 Å². The highest BCUT2D eigenvalue weighted by molar-refractivity contribution is 6.25. The minimum atomic E-state index is -2.44. The van der Waals surface area contributed by atoms with E-state index in [1.807, 2.05) is 48.5 Å². The van der Waals surface area contributed by atoms with Crippen LogP contribution >= 0.6 is 0 Å². The maximum absolute atomic E-state index is 14.5. The van der Waals surface area contributed by atoms with Crippen LogP contribution in [0.4, 0.5) is 27.6 Å². The Morgan fingerprint density at radius 1 is 0.805 bits per heavy atom. The zero-order valence-electron chi connectivity index (χ0n) is 20.7. The molecule has 6 rings (SSSR count). The molecule has 0 aromatic heterocycles. The van der Waals surface area contributed by atoms with Gasteiger partial charge >= 0.3 is 0 Å². The summed E-state index contributed by atoms with van der Waals surface area (Å²) < 4.78 is 70.1. The van der Waals surface area contributed by atoms with E-state index in [4.69, 9.17) is 0 Å². The molecule has 14 heteroatoms. The van der Waals surface area contributed by atoms with Crippen LogP contribution in [-0.2, 0) is 14.4 Å². The first-order valence-electron chi connectivity index (χ1n) is 12.3. The minimum Gasteiger partial charge on any atom is -0.271 e. The summed E-state index contributed by atoms with van der Waals surface area (Å²) in [5, 5.41) is 14.0. The van der Waals surface area contributed by atoms with Crippen LogP contribution < -0.4 is 4.90 Å². The van der Waals surface area contributed by atoms with Gasteiger partial charge in [-0.3, -0.25) is 19.4 Å². The maximum Gasteiger partial charge on any atom is 0.264 e. The summed E-state index contributed by atoms with van der Waals surface area (Å²) >= 11 is 0. The zero-order valence-corrected chi connectivity index (χ0v) is 20.7. The number of imide groups is 1. The molecule has 3 heterocycles. The van der Waals surface area contributed by atoms with Crippen molar-refractivity contribution >= 4 is 29.1 Å². The second kappa shape index (κ2) is 9.87. The third-order valence-corrected chi connectivity index (χ3v) is 7.02. The van der Waals surface area contributed by atoms with Crippen LogP contribution in [0.25, 0.3) is 0 Å². The van der Waals surface area contributed by atoms with Gasteiger partial charge in [-0.2, -0.15) is 10.2 Å². The SMILES string of the molecule is O=C1C2N=NN(CC(=O)N3N=C(c4ccccc4)CC3c3ccccc3)C2C(=O)N1c1c(F)c(F)c(F)c(F)c1F. The Balaban J connectivity index is 1.29. The second-order valence-electron chi connectivity index (χ2n) is 9.40. The predicted octanol–water partition coefficient (Wildman–Crippen LogP) is 4.05. The van der Waals surface area contributed by atoms with Gasteiger partial charge in [0.2, 0.25) is 5.82 Å². The van der Waals surface area contributed by atoms with Crippen molar-refractivity contribution in [3.8, 4) is 0 Å². The van der Waals surface area contributed by atoms with E-state index in [1.54, 1.807) is 12.1 Å². The molecule has 1 saturated heterocycles. The minimum absolute atomic E-state index is 0.143. The summed E-state index contributed by atoms with van der Waals surface area (Å²) in [6.07, 6.45) is 0.374. The van der Waals surface area contributed by atoms with E-state index in [-0.39, 0.29) is 4.90 Å². The summed E-state index contributed by atoms with van der Waals surface area (Å²) in [6.45, 7) is -0.621. The van der Waals surface area contributed by atoms with Crippen molar-refractivity contribution in [3.63, 3.8) is 0 Å². The molecule has 3 aliphatic heterocycles. The Morgan fingerprint density at radius 2 is 1.39 bits per heavy atom. The molecule has 0 bridgehead atoms. The number of anilines is 1. The van der Waals surface area contributed by atoms with Crippen LogP contribution in [0.3, 0.4) is 0 Å². The van der Waals surface area contributed by atoms with E-state index < -0.39 is 77.2 Å². The lowest BCUT2D eigenvalue weighted by atomic mass is 9.98. The predicted molar refractivity (Wildman–Crippen MR) is 131 cm³/mol. The van der Waals surface area contributed by atoms with Gasteiger partial charge in [0.15, 0.2) is 35.4 Å². The summed E-state index contributed by atoms with van der Waals surface area (Å²) in [5.74, 6) is -15.1. The third-order valence-electron chi connectivity index (χ3n) is 7.02. The molecule has 3 aromatic carbocycles. The van der Waals surface area contributed by atoms with Gasteiger partial charge in [0.05, 0.1) is 11.8 Å². The van der Waals surface area contributed by atoms with Crippen molar-refractivity contribution in [2.24, 2.45) is 15.4 Å². The lowest BCUT2D eigenvalue weighted by molar-refractivity contribution is -0.135. The topological polar surface area (TPSA) is 98.0 Å². The van der Waals surface area contributed by atoms with Crippen molar-refractivity contribution in [2.45, 2.75) is 24.5 Å². The Morgan fingerprint density at radius 3 is 2.02 bits per heavy atom. The van der Waals surface area contributed by atoms with Gasteiger partial charge in [-0.05, 0) is 11.1 Å². The average Bonchev–Trinajstić information content (AvgIpc) is 3.68. The standard InChI is InChI=1S/C27H17F5N6O3/c28-18-19(29)21(31)24(22(32)20(18)30)37-26(40)23-25(27(37)41)36(35-33-23)12-17(39)38-16(14-9-5-2-6-10-14)11-15(34-38)13-7-3-1-4-8-13/h1-10,16,23,25H,11-12H2. The molecule has 1 fully saturated rings. The van der Waals surface area contributed by atoms with E-state index in [2.05, 4.69) is 15.4 Å². The number of fused-ring (bicyclic) bond motifs is 1. The lowest BCUT2D eigenvalue weighted by Gasteiger charge is -2.25. The number of hydrazone groups is 1. The van der Waals surface area contributed by atoms with E-state index in [1.165, 1.54) is 5.01 Å². The molecule has 0 aliphatic carbocycles. The van der Waals surface area contributed by atoms with Gasteiger partial charge in [0, 0.05) is 6.42 Å². The first kappa shape index (κ1) is 26.2. The van der Waals surface area contributed by atoms with Crippen LogP contribution in [0.2, 0.25) is 0 Å². The maximum atomic E-state index is 14.5. The van der Waals surface area contributed by atoms with Crippen molar-refractivity contribution in [2.75, 3.05) is 11.4 Å². The first-order valence-corrected chi connectivity index (χ1v) is 12.3. The van der Waals surface area contributed by atoms with Crippen molar-refractivity contribution in [1.29, 1.82) is 0 Å². The van der Waals surface area contributed by atoms with Crippen LogP contribution in [0.5, 0.6) is 0 Å². The number of amides is 3. The molecular weight excluding hydrogens is 551 g/mol. The molecule has 0 radical (unpaired) electrons. The third kappa shape index (κ3) is 4.13. The van der Waals surface area contributed by atoms with Gasteiger partial charge in [-0.15, -0.1) is 0 Å². The fourth-order valence-corrected chi connectivity index (χ4v) is 5.06. The van der Waals surface area contributed by atoms with Crippen LogP contribution in [-0.4, -0.2) is 52.1 Å². The Kier molecular flexibility index (Phi) is 6.31. The molecule has 0 N–H and O–H groups in total. The normalized spacial score (nSPS) is 21.6. The van der Waals surface area contributed by atoms with Crippen LogP contribution in [0.15, 0.2) is 76.1 Å². The fraction of sp³-hybridized carbons (Fsp3) is 0.185. The number of halogens is 5. The second-order valence-corrected chi connectivity index (χ2v) is 9.40. The number of carbonyl (C=O) groups is 3. The van der Waals surface area contributed by atoms with E-state index >= 15 is 0 Å². The monoisotopic (exact) mass is 568 g/mol. The number of benzene rings is 3. The van der Waals surface area contributed by atoms with Gasteiger partial charge in [0.25, 0.3) is 17.7 Å². The quantitative estimate of drug-likeness (QED) is 0.201. The lowest BCUT2D eigenvalue weighted by Crippen LogP contribution is -2.45. The summed E-state index contributed by atoms with van der Waals surface area (Å²) in [4.78, 5) is 39.4. The molecule has 3 aromatic rings. The van der Waals surface area contributed by atoms with E-state index in [0.717, 1.165) is 16.1 Å². The number of hydrogen-bond acceptors (Lipinski definition) is 7. The van der Waals surface area contributed by atoms with Gasteiger partial charge < -0.3 is 0 Å². The molecular formula is C27H17F5N6O3. The highest BCUT2D eigenvalue weighted by Gasteiger charge is 2.57. The van der Waals surface area contributed by atoms with Crippen molar-refractivity contribution < 1.29 is 36.3 Å². The molecule has 9 nitrogen and oxygen atoms in total. The highest BCUT2D eigenvalue weighted by Crippen LogP contribution is 2.38. The molecule has 3 atom stereocenters. The van der Waals surface area contributed by atoms with E-state index in [0.29, 0.717) is 12.1 Å². The molecule has 3 amide bonds. The smallest absolute Gasteiger partial charge is 0.264 e. The number of carbonyl (C=O) groups excluding carboxylic acids is 3. The Labute approximate surface area is 228 Å². The zero-order chi connectivity index (χ0) is 29.0. The van der Waals surface area contributed by atoms with Gasteiger partial charge in [-0.25, -0.2) is 31.9 Å². The molecule has 41 heavy (non-hydrogen) atoms. The Bertz CT molecular complexity index is 1620. The van der Waals surface area contributed by atoms with Crippen LogP contribution in [0.1, 0.15) is 23.6 Å². The van der Waals surface area contributed by atoms with Crippen LogP contribution in [0, 0.1) is 29.1 Å². The average molecular weight is 568 g/mol. The summed E-state index contributed by atoms with van der Waals surface area (Å²) in [6, 6.07) is 14.4. The number of hydrogen-bond donors (Lipinski definition) is 0. The highest BCUT2D eigenvalue weighted by atomic mass is 19.2.